The number of aliphatic hydroxyl groups is 1. The van der Waals surface area contributed by atoms with E-state index in [0.29, 0.717) is 29.0 Å². The molecule has 32 heavy (non-hydrogen) atoms. The van der Waals surface area contributed by atoms with Crippen LogP contribution < -0.4 is 4.74 Å². The zero-order valence-electron chi connectivity index (χ0n) is 19.1. The Labute approximate surface area is 195 Å². The van der Waals surface area contributed by atoms with Crippen LogP contribution in [0.2, 0.25) is 5.02 Å². The predicted octanol–water partition coefficient (Wildman–Crippen LogP) is 6.00. The minimum atomic E-state index is -0.962. The van der Waals surface area contributed by atoms with Gasteiger partial charge in [-0.25, -0.2) is 0 Å². The summed E-state index contributed by atoms with van der Waals surface area (Å²) < 4.78 is 5.55. The minimum Gasteiger partial charge on any atom is -0.495 e. The Morgan fingerprint density at radius 1 is 1.22 bits per heavy atom. The number of fused-ring (bicyclic) bond motifs is 4. The lowest BCUT2D eigenvalue weighted by Crippen LogP contribution is -2.51. The van der Waals surface area contributed by atoms with Crippen molar-refractivity contribution in [2.45, 2.75) is 70.3 Å². The molecular formula is C28H31ClO3. The van der Waals surface area contributed by atoms with Crippen LogP contribution in [0.1, 0.15) is 70.3 Å². The summed E-state index contributed by atoms with van der Waals surface area (Å²) in [5.74, 6) is 8.12. The summed E-state index contributed by atoms with van der Waals surface area (Å²) in [4.78, 5) is 12.2. The fraction of sp³-hybridized carbons (Fsp3) is 0.536. The normalized spacial score (nSPS) is 35.8. The number of rotatable bonds is 2. The number of ketones is 1. The molecule has 1 aromatic rings. The standard InChI is InChI=1S/C28H31ClO3/c1-4-12-28(31)13-11-23-21-8-5-17-14-19(30)7-9-20(17)26(21)22(16-27(23,28)2)18-6-10-24(29)25(15-18)32-3/h6,10,14-15,21-23,31H,5,7-9,11,13,16H2,1-3H3/t21-,22+,23-,27-,28-/m0/s1. The number of halogens is 1. The molecule has 0 radical (unpaired) electrons. The van der Waals surface area contributed by atoms with Gasteiger partial charge in [-0.05, 0) is 92.2 Å². The van der Waals surface area contributed by atoms with E-state index in [4.69, 9.17) is 16.3 Å². The van der Waals surface area contributed by atoms with Crippen LogP contribution in [0.5, 0.6) is 5.75 Å². The number of methoxy groups -OCH3 is 1. The Morgan fingerprint density at radius 3 is 2.78 bits per heavy atom. The third kappa shape index (κ3) is 3.11. The Morgan fingerprint density at radius 2 is 2.03 bits per heavy atom. The summed E-state index contributed by atoms with van der Waals surface area (Å²) in [6, 6.07) is 6.09. The van der Waals surface area contributed by atoms with Crippen molar-refractivity contribution in [2.75, 3.05) is 7.11 Å². The molecule has 2 fully saturated rings. The van der Waals surface area contributed by atoms with E-state index in [0.717, 1.165) is 38.5 Å². The molecule has 0 spiro atoms. The van der Waals surface area contributed by atoms with Gasteiger partial charge in [0.1, 0.15) is 11.4 Å². The first-order valence-electron chi connectivity index (χ1n) is 11.8. The van der Waals surface area contributed by atoms with Crippen molar-refractivity contribution < 1.29 is 14.6 Å². The first-order valence-corrected chi connectivity index (χ1v) is 12.2. The molecule has 0 aromatic heterocycles. The minimum absolute atomic E-state index is 0.155. The van der Waals surface area contributed by atoms with Crippen LogP contribution in [0.3, 0.4) is 0 Å². The highest BCUT2D eigenvalue weighted by Gasteiger charge is 2.62. The van der Waals surface area contributed by atoms with Crippen LogP contribution >= 0.6 is 11.6 Å². The third-order valence-electron chi connectivity index (χ3n) is 8.80. The molecule has 1 N–H and O–H groups in total. The molecule has 2 saturated carbocycles. The summed E-state index contributed by atoms with van der Waals surface area (Å²) in [5.41, 5.74) is 4.07. The van der Waals surface area contributed by atoms with Crippen LogP contribution in [0.15, 0.2) is 41.0 Å². The van der Waals surface area contributed by atoms with Crippen molar-refractivity contribution >= 4 is 17.4 Å². The monoisotopic (exact) mass is 450 g/mol. The largest absolute Gasteiger partial charge is 0.495 e. The molecule has 0 aliphatic heterocycles. The van der Waals surface area contributed by atoms with Gasteiger partial charge in [0.2, 0.25) is 0 Å². The van der Waals surface area contributed by atoms with E-state index in [1.807, 2.05) is 19.1 Å². The zero-order valence-corrected chi connectivity index (χ0v) is 19.9. The van der Waals surface area contributed by atoms with Gasteiger partial charge in [-0.2, -0.15) is 0 Å². The first-order chi connectivity index (χ1) is 15.3. The lowest BCUT2D eigenvalue weighted by molar-refractivity contribution is -0.114. The van der Waals surface area contributed by atoms with Crippen molar-refractivity contribution in [2.24, 2.45) is 17.3 Å². The molecule has 0 unspecified atom stereocenters. The average molecular weight is 451 g/mol. The van der Waals surface area contributed by atoms with E-state index < -0.39 is 5.60 Å². The van der Waals surface area contributed by atoms with Crippen molar-refractivity contribution in [1.82, 2.24) is 0 Å². The number of hydrogen-bond acceptors (Lipinski definition) is 3. The molecule has 0 saturated heterocycles. The Kier molecular flexibility index (Phi) is 5.31. The van der Waals surface area contributed by atoms with E-state index in [1.54, 1.807) is 7.11 Å². The van der Waals surface area contributed by atoms with Crippen LogP contribution in [-0.2, 0) is 4.79 Å². The maximum Gasteiger partial charge on any atom is 0.156 e. The molecule has 5 rings (SSSR count). The van der Waals surface area contributed by atoms with Gasteiger partial charge in [0.15, 0.2) is 5.78 Å². The smallest absolute Gasteiger partial charge is 0.156 e. The molecule has 0 heterocycles. The molecule has 4 aliphatic rings. The Balaban J connectivity index is 1.71. The third-order valence-corrected chi connectivity index (χ3v) is 9.11. The van der Waals surface area contributed by atoms with E-state index in [-0.39, 0.29) is 17.1 Å². The van der Waals surface area contributed by atoms with Crippen molar-refractivity contribution in [3.63, 3.8) is 0 Å². The second-order valence-electron chi connectivity index (χ2n) is 10.2. The van der Waals surface area contributed by atoms with Gasteiger partial charge in [0.25, 0.3) is 0 Å². The Bertz CT molecular complexity index is 1100. The van der Waals surface area contributed by atoms with Crippen molar-refractivity contribution in [3.8, 4) is 17.6 Å². The maximum atomic E-state index is 12.2. The molecular weight excluding hydrogens is 420 g/mol. The SMILES string of the molecule is CC#C[C@]1(O)CC[C@H]2[C@@H]3CCC4=CC(=O)CCC4=C3[C@@H](c3ccc(Cl)c(OC)c3)C[C@@]21C. The second kappa shape index (κ2) is 7.79. The molecule has 1 aromatic carbocycles. The van der Waals surface area contributed by atoms with Gasteiger partial charge >= 0.3 is 0 Å². The fourth-order valence-electron chi connectivity index (χ4n) is 7.27. The van der Waals surface area contributed by atoms with E-state index in [2.05, 4.69) is 30.9 Å². The van der Waals surface area contributed by atoms with E-state index in [9.17, 15) is 9.90 Å². The lowest BCUT2D eigenvalue weighted by atomic mass is 9.51. The number of carbonyl (C=O) groups is 1. The van der Waals surface area contributed by atoms with Crippen molar-refractivity contribution in [1.29, 1.82) is 0 Å². The number of hydrogen-bond donors (Lipinski definition) is 1. The zero-order chi connectivity index (χ0) is 22.7. The summed E-state index contributed by atoms with van der Waals surface area (Å²) in [6.07, 6.45) is 7.88. The van der Waals surface area contributed by atoms with Crippen LogP contribution in [0.25, 0.3) is 0 Å². The number of benzene rings is 1. The summed E-state index contributed by atoms with van der Waals surface area (Å²) in [7, 11) is 1.65. The maximum absolute atomic E-state index is 12.2. The predicted molar refractivity (Wildman–Crippen MR) is 127 cm³/mol. The Hall–Kier alpha value is -2.02. The van der Waals surface area contributed by atoms with E-state index >= 15 is 0 Å². The fourth-order valence-corrected chi connectivity index (χ4v) is 7.46. The highest BCUT2D eigenvalue weighted by molar-refractivity contribution is 6.32. The van der Waals surface area contributed by atoms with Gasteiger partial charge in [-0.15, -0.1) is 5.92 Å². The number of carbonyl (C=O) groups excluding carboxylic acids is 1. The van der Waals surface area contributed by atoms with Crippen LogP contribution in [-0.4, -0.2) is 23.6 Å². The number of ether oxygens (including phenoxy) is 1. The molecule has 168 valence electrons. The highest BCUT2D eigenvalue weighted by atomic mass is 35.5. The molecule has 5 atom stereocenters. The van der Waals surface area contributed by atoms with Gasteiger partial charge in [-0.1, -0.05) is 36.1 Å². The summed E-state index contributed by atoms with van der Waals surface area (Å²) in [5, 5.41) is 12.3. The van der Waals surface area contributed by atoms with Crippen LogP contribution in [0, 0.1) is 29.1 Å². The topological polar surface area (TPSA) is 46.5 Å². The van der Waals surface area contributed by atoms with Gasteiger partial charge in [0.05, 0.1) is 12.1 Å². The second-order valence-corrected chi connectivity index (χ2v) is 10.6. The van der Waals surface area contributed by atoms with Gasteiger partial charge < -0.3 is 9.84 Å². The summed E-state index contributed by atoms with van der Waals surface area (Å²) in [6.45, 7) is 4.08. The van der Waals surface area contributed by atoms with Gasteiger partial charge in [-0.3, -0.25) is 4.79 Å². The van der Waals surface area contributed by atoms with Gasteiger partial charge in [0, 0.05) is 17.8 Å². The average Bonchev–Trinajstić information content (AvgIpc) is 3.03. The van der Waals surface area contributed by atoms with Crippen molar-refractivity contribution in [3.05, 3.63) is 51.6 Å². The quantitative estimate of drug-likeness (QED) is 0.562. The molecule has 4 aliphatic carbocycles. The number of allylic oxidation sites excluding steroid dienone is 4. The van der Waals surface area contributed by atoms with E-state index in [1.165, 1.54) is 22.3 Å². The highest BCUT2D eigenvalue weighted by Crippen LogP contribution is 2.66. The van der Waals surface area contributed by atoms with Crippen LogP contribution in [0.4, 0.5) is 0 Å². The molecule has 0 amide bonds. The molecule has 0 bridgehead atoms. The lowest BCUT2D eigenvalue weighted by Gasteiger charge is -2.53. The summed E-state index contributed by atoms with van der Waals surface area (Å²) >= 11 is 6.36. The molecule has 4 heteroatoms. The first kappa shape index (κ1) is 21.8. The molecule has 3 nitrogen and oxygen atoms in total.